The van der Waals surface area contributed by atoms with Crippen LogP contribution in [-0.4, -0.2) is 11.0 Å². The van der Waals surface area contributed by atoms with Gasteiger partial charge in [-0.05, 0) is 18.2 Å². The molecule has 1 aromatic heterocycles. The standard InChI is InChI=1S/C14H15Cl2N3OS/c1-14(2,3)11-7-21-13(18-11)19-12(20)17-8-4-5-9(15)10(16)6-8/h4-7H,1-3H3,(H2,17,18,19,20). The minimum absolute atomic E-state index is 0.0450. The first-order chi connectivity index (χ1) is 9.75. The number of hydrogen-bond donors (Lipinski definition) is 2. The van der Waals surface area contributed by atoms with E-state index in [9.17, 15) is 4.79 Å². The fourth-order valence-electron chi connectivity index (χ4n) is 1.51. The molecule has 0 radical (unpaired) electrons. The second kappa shape index (κ2) is 6.22. The number of aromatic nitrogens is 1. The number of carbonyl (C=O) groups is 1. The largest absolute Gasteiger partial charge is 0.325 e. The van der Waals surface area contributed by atoms with Gasteiger partial charge in [0.2, 0.25) is 0 Å². The topological polar surface area (TPSA) is 54.0 Å². The van der Waals surface area contributed by atoms with E-state index in [0.717, 1.165) is 5.69 Å². The van der Waals surface area contributed by atoms with Crippen LogP contribution in [0, 0.1) is 0 Å². The van der Waals surface area contributed by atoms with Gasteiger partial charge in [0.1, 0.15) is 0 Å². The number of benzene rings is 1. The van der Waals surface area contributed by atoms with Crippen molar-refractivity contribution in [2.24, 2.45) is 0 Å². The van der Waals surface area contributed by atoms with E-state index in [2.05, 4.69) is 36.4 Å². The van der Waals surface area contributed by atoms with Crippen LogP contribution in [0.3, 0.4) is 0 Å². The molecule has 1 aromatic carbocycles. The van der Waals surface area contributed by atoms with Gasteiger partial charge in [-0.3, -0.25) is 5.32 Å². The fraction of sp³-hybridized carbons (Fsp3) is 0.286. The maximum absolute atomic E-state index is 11.9. The maximum Gasteiger partial charge on any atom is 0.325 e. The first kappa shape index (κ1) is 16.1. The molecule has 1 heterocycles. The van der Waals surface area contributed by atoms with Crippen LogP contribution in [0.15, 0.2) is 23.6 Å². The fourth-order valence-corrected chi connectivity index (χ4v) is 2.74. The third-order valence-electron chi connectivity index (χ3n) is 2.67. The summed E-state index contributed by atoms with van der Waals surface area (Å²) in [6, 6.07) is 4.52. The van der Waals surface area contributed by atoms with Gasteiger partial charge in [-0.2, -0.15) is 0 Å². The summed E-state index contributed by atoms with van der Waals surface area (Å²) in [7, 11) is 0. The molecule has 21 heavy (non-hydrogen) atoms. The molecule has 7 heteroatoms. The van der Waals surface area contributed by atoms with Gasteiger partial charge < -0.3 is 5.32 Å². The van der Waals surface area contributed by atoms with Crippen molar-refractivity contribution in [1.29, 1.82) is 0 Å². The Morgan fingerprint density at radius 3 is 2.48 bits per heavy atom. The minimum atomic E-state index is -0.372. The van der Waals surface area contributed by atoms with Crippen molar-refractivity contribution < 1.29 is 4.79 Å². The number of amides is 2. The van der Waals surface area contributed by atoms with Gasteiger partial charge in [-0.15, -0.1) is 11.3 Å². The second-order valence-corrected chi connectivity index (χ2v) is 7.17. The van der Waals surface area contributed by atoms with E-state index in [1.165, 1.54) is 11.3 Å². The van der Waals surface area contributed by atoms with Crippen molar-refractivity contribution in [3.63, 3.8) is 0 Å². The van der Waals surface area contributed by atoms with E-state index in [1.807, 2.05) is 5.38 Å². The van der Waals surface area contributed by atoms with E-state index in [4.69, 9.17) is 23.2 Å². The smallest absolute Gasteiger partial charge is 0.308 e. The lowest BCUT2D eigenvalue weighted by Crippen LogP contribution is -2.19. The number of anilines is 2. The van der Waals surface area contributed by atoms with Crippen molar-refractivity contribution in [3.05, 3.63) is 39.3 Å². The molecule has 0 aliphatic rings. The zero-order chi connectivity index (χ0) is 15.6. The Labute approximate surface area is 137 Å². The van der Waals surface area contributed by atoms with Gasteiger partial charge in [0.05, 0.1) is 15.7 Å². The molecule has 0 unspecified atom stereocenters. The van der Waals surface area contributed by atoms with Crippen LogP contribution in [0.25, 0.3) is 0 Å². The highest BCUT2D eigenvalue weighted by Crippen LogP contribution is 2.27. The summed E-state index contributed by atoms with van der Waals surface area (Å²) in [5.41, 5.74) is 1.46. The summed E-state index contributed by atoms with van der Waals surface area (Å²) in [6.45, 7) is 6.21. The maximum atomic E-state index is 11.9. The Morgan fingerprint density at radius 2 is 1.90 bits per heavy atom. The number of urea groups is 1. The number of nitrogens with one attached hydrogen (secondary N) is 2. The molecule has 0 saturated heterocycles. The second-order valence-electron chi connectivity index (χ2n) is 5.50. The van der Waals surface area contributed by atoms with Gasteiger partial charge in [0.25, 0.3) is 0 Å². The summed E-state index contributed by atoms with van der Waals surface area (Å²) >= 11 is 13.1. The lowest BCUT2D eigenvalue weighted by atomic mass is 9.93. The highest BCUT2D eigenvalue weighted by atomic mass is 35.5. The highest BCUT2D eigenvalue weighted by molar-refractivity contribution is 7.14. The summed E-state index contributed by atoms with van der Waals surface area (Å²) in [4.78, 5) is 16.3. The number of carbonyl (C=O) groups excluding carboxylic acids is 1. The van der Waals surface area contributed by atoms with Crippen LogP contribution in [0.2, 0.25) is 10.0 Å². The molecule has 2 N–H and O–H groups in total. The molecule has 0 aliphatic carbocycles. The van der Waals surface area contributed by atoms with Crippen LogP contribution >= 0.6 is 34.5 Å². The molecule has 4 nitrogen and oxygen atoms in total. The van der Waals surface area contributed by atoms with Crippen LogP contribution in [0.5, 0.6) is 0 Å². The summed E-state index contributed by atoms with van der Waals surface area (Å²) in [5.74, 6) is 0. The van der Waals surface area contributed by atoms with Crippen molar-refractivity contribution in [2.75, 3.05) is 10.6 Å². The Balaban J connectivity index is 2.01. The molecule has 0 fully saturated rings. The quantitative estimate of drug-likeness (QED) is 0.767. The SMILES string of the molecule is CC(C)(C)c1csc(NC(=O)Nc2ccc(Cl)c(Cl)c2)n1. The molecule has 0 saturated carbocycles. The normalized spacial score (nSPS) is 11.3. The number of thiazole rings is 1. The van der Waals surface area contributed by atoms with Crippen molar-refractivity contribution >= 4 is 51.4 Å². The molecule has 2 aromatic rings. The summed E-state index contributed by atoms with van der Waals surface area (Å²) in [6.07, 6.45) is 0. The number of nitrogens with zero attached hydrogens (tertiary/aromatic N) is 1. The Kier molecular flexibility index (Phi) is 4.76. The molecule has 0 spiro atoms. The zero-order valence-electron chi connectivity index (χ0n) is 11.8. The third kappa shape index (κ3) is 4.33. The summed E-state index contributed by atoms with van der Waals surface area (Å²) in [5, 5.41) is 8.70. The predicted molar refractivity (Wildman–Crippen MR) is 89.9 cm³/mol. The van der Waals surface area contributed by atoms with E-state index in [1.54, 1.807) is 18.2 Å². The number of halogens is 2. The Hall–Kier alpha value is -1.30. The number of rotatable bonds is 2. The van der Waals surface area contributed by atoms with E-state index >= 15 is 0 Å². The average Bonchev–Trinajstić information content (AvgIpc) is 2.82. The molecule has 0 bridgehead atoms. The lowest BCUT2D eigenvalue weighted by molar-refractivity contribution is 0.262. The van der Waals surface area contributed by atoms with Gasteiger partial charge >= 0.3 is 6.03 Å². The molecule has 0 atom stereocenters. The van der Waals surface area contributed by atoms with Crippen molar-refractivity contribution in [2.45, 2.75) is 26.2 Å². The van der Waals surface area contributed by atoms with Crippen LogP contribution in [0.1, 0.15) is 26.5 Å². The van der Waals surface area contributed by atoms with Crippen molar-refractivity contribution in [3.8, 4) is 0 Å². The predicted octanol–water partition coefficient (Wildman–Crippen LogP) is 5.39. The Bertz CT molecular complexity index is 664. The highest BCUT2D eigenvalue weighted by Gasteiger charge is 2.18. The average molecular weight is 344 g/mol. The Morgan fingerprint density at radius 1 is 1.19 bits per heavy atom. The van der Waals surface area contributed by atoms with Crippen LogP contribution in [-0.2, 0) is 5.41 Å². The molecular weight excluding hydrogens is 329 g/mol. The molecule has 0 aliphatic heterocycles. The monoisotopic (exact) mass is 343 g/mol. The molecular formula is C14H15Cl2N3OS. The van der Waals surface area contributed by atoms with E-state index < -0.39 is 0 Å². The van der Waals surface area contributed by atoms with Gasteiger partial charge in [0, 0.05) is 16.5 Å². The summed E-state index contributed by atoms with van der Waals surface area (Å²) < 4.78 is 0. The molecule has 2 rings (SSSR count). The molecule has 112 valence electrons. The first-order valence-corrected chi connectivity index (χ1v) is 7.88. The van der Waals surface area contributed by atoms with Gasteiger partial charge in [-0.1, -0.05) is 44.0 Å². The zero-order valence-corrected chi connectivity index (χ0v) is 14.2. The molecule has 2 amide bonds. The first-order valence-electron chi connectivity index (χ1n) is 6.25. The third-order valence-corrected chi connectivity index (χ3v) is 4.17. The van der Waals surface area contributed by atoms with Gasteiger partial charge in [-0.25, -0.2) is 9.78 Å². The van der Waals surface area contributed by atoms with Gasteiger partial charge in [0.15, 0.2) is 5.13 Å². The lowest BCUT2D eigenvalue weighted by Gasteiger charge is -2.14. The number of hydrogen-bond acceptors (Lipinski definition) is 3. The minimum Gasteiger partial charge on any atom is -0.308 e. The van der Waals surface area contributed by atoms with E-state index in [-0.39, 0.29) is 11.4 Å². The van der Waals surface area contributed by atoms with Crippen LogP contribution in [0.4, 0.5) is 15.6 Å². The van der Waals surface area contributed by atoms with Crippen LogP contribution < -0.4 is 10.6 Å². The van der Waals surface area contributed by atoms with E-state index in [0.29, 0.717) is 20.9 Å². The van der Waals surface area contributed by atoms with Crippen molar-refractivity contribution in [1.82, 2.24) is 4.98 Å².